The lowest BCUT2D eigenvalue weighted by Crippen LogP contribution is -2.11. The molecule has 21 heavy (non-hydrogen) atoms. The monoisotopic (exact) mass is 308 g/mol. The van der Waals surface area contributed by atoms with Crippen molar-refractivity contribution in [2.75, 3.05) is 23.9 Å². The first-order valence-corrected chi connectivity index (χ1v) is 9.10. The topological polar surface area (TPSA) is 62.2 Å². The largest absolute Gasteiger partial charge is 0.478 e. The maximum absolute atomic E-state index is 11.3. The van der Waals surface area contributed by atoms with Gasteiger partial charge in [0.2, 0.25) is 0 Å². The fraction of sp³-hybridized carbons (Fsp3) is 0.625. The number of rotatable bonds is 9. The van der Waals surface area contributed by atoms with Crippen LogP contribution in [0.15, 0.2) is 6.07 Å². The van der Waals surface area contributed by atoms with E-state index >= 15 is 0 Å². The van der Waals surface area contributed by atoms with E-state index in [-0.39, 0.29) is 0 Å². The van der Waals surface area contributed by atoms with E-state index in [1.54, 1.807) is 6.07 Å². The molecule has 0 saturated heterocycles. The number of pyridine rings is 1. The summed E-state index contributed by atoms with van der Waals surface area (Å²) < 4.78 is 0. The number of nitrogens with zero attached hydrogens (tertiary/aromatic N) is 1. The Morgan fingerprint density at radius 3 is 2.90 bits per heavy atom. The fourth-order valence-electron chi connectivity index (χ4n) is 2.70. The van der Waals surface area contributed by atoms with Crippen LogP contribution in [0.4, 0.5) is 5.82 Å². The van der Waals surface area contributed by atoms with E-state index in [9.17, 15) is 9.90 Å². The molecule has 0 aromatic carbocycles. The van der Waals surface area contributed by atoms with E-state index in [4.69, 9.17) is 0 Å². The number of anilines is 1. The van der Waals surface area contributed by atoms with Crippen molar-refractivity contribution < 1.29 is 9.90 Å². The summed E-state index contributed by atoms with van der Waals surface area (Å²) in [5, 5.41) is 12.5. The zero-order valence-electron chi connectivity index (χ0n) is 12.7. The van der Waals surface area contributed by atoms with Gasteiger partial charge in [-0.25, -0.2) is 9.78 Å². The number of aryl methyl sites for hydroxylation is 2. The maximum Gasteiger partial charge on any atom is 0.339 e. The van der Waals surface area contributed by atoms with Gasteiger partial charge in [0.25, 0.3) is 0 Å². The third kappa shape index (κ3) is 4.63. The van der Waals surface area contributed by atoms with Crippen molar-refractivity contribution in [2.24, 2.45) is 0 Å². The van der Waals surface area contributed by atoms with Crippen LogP contribution >= 0.6 is 11.8 Å². The molecule has 0 unspecified atom stereocenters. The van der Waals surface area contributed by atoms with Gasteiger partial charge >= 0.3 is 5.97 Å². The molecular weight excluding hydrogens is 284 g/mol. The fourth-order valence-corrected chi connectivity index (χ4v) is 3.19. The van der Waals surface area contributed by atoms with Crippen molar-refractivity contribution in [3.8, 4) is 0 Å². The third-order valence-corrected chi connectivity index (χ3v) is 4.55. The smallest absolute Gasteiger partial charge is 0.339 e. The highest BCUT2D eigenvalue weighted by Gasteiger charge is 2.19. The summed E-state index contributed by atoms with van der Waals surface area (Å²) >= 11 is 1.89. The molecule has 5 heteroatoms. The zero-order valence-corrected chi connectivity index (χ0v) is 13.5. The Hall–Kier alpha value is -1.23. The van der Waals surface area contributed by atoms with Crippen LogP contribution in [0.2, 0.25) is 0 Å². The minimum absolute atomic E-state index is 0.318. The minimum Gasteiger partial charge on any atom is -0.478 e. The van der Waals surface area contributed by atoms with E-state index in [2.05, 4.69) is 16.6 Å². The van der Waals surface area contributed by atoms with Crippen molar-refractivity contribution in [3.05, 3.63) is 22.9 Å². The molecule has 0 saturated carbocycles. The summed E-state index contributed by atoms with van der Waals surface area (Å²) in [5.41, 5.74) is 2.50. The molecule has 1 aromatic rings. The Bertz CT molecular complexity index is 491. The number of hydrogen-bond donors (Lipinski definition) is 2. The van der Waals surface area contributed by atoms with Crippen molar-refractivity contribution in [1.82, 2.24) is 4.98 Å². The van der Waals surface area contributed by atoms with E-state index < -0.39 is 5.97 Å². The first kappa shape index (κ1) is 16.1. The zero-order chi connectivity index (χ0) is 15.1. The van der Waals surface area contributed by atoms with Gasteiger partial charge in [-0.15, -0.1) is 0 Å². The van der Waals surface area contributed by atoms with Crippen LogP contribution in [0.3, 0.4) is 0 Å². The predicted octanol–water partition coefficient (Wildman–Crippen LogP) is 3.60. The number of aromatic carboxylic acids is 1. The molecule has 1 aliphatic carbocycles. The normalized spacial score (nSPS) is 13.2. The van der Waals surface area contributed by atoms with E-state index in [0.717, 1.165) is 43.5 Å². The Morgan fingerprint density at radius 1 is 1.33 bits per heavy atom. The van der Waals surface area contributed by atoms with Crippen LogP contribution < -0.4 is 5.32 Å². The molecule has 0 radical (unpaired) electrons. The van der Waals surface area contributed by atoms with Gasteiger partial charge in [0.05, 0.1) is 0 Å². The van der Waals surface area contributed by atoms with Gasteiger partial charge in [-0.05, 0) is 55.7 Å². The second-order valence-corrected chi connectivity index (χ2v) is 6.47. The lowest BCUT2D eigenvalue weighted by atomic mass is 10.1. The van der Waals surface area contributed by atoms with Crippen LogP contribution in [-0.2, 0) is 12.8 Å². The highest BCUT2D eigenvalue weighted by molar-refractivity contribution is 7.98. The van der Waals surface area contributed by atoms with Gasteiger partial charge < -0.3 is 10.4 Å². The molecule has 0 atom stereocenters. The first-order chi connectivity index (χ1) is 10.2. The Kier molecular flexibility index (Phi) is 6.36. The predicted molar refractivity (Wildman–Crippen MR) is 88.6 cm³/mol. The number of nitrogens with one attached hydrogen (secondary N) is 1. The molecule has 0 amide bonds. The molecule has 116 valence electrons. The molecule has 1 aliphatic rings. The second-order valence-electron chi connectivity index (χ2n) is 5.48. The van der Waals surface area contributed by atoms with Crippen molar-refractivity contribution in [2.45, 2.75) is 44.9 Å². The Labute approximate surface area is 130 Å². The number of carbonyl (C=O) groups is 1. The van der Waals surface area contributed by atoms with Crippen molar-refractivity contribution >= 4 is 23.5 Å². The Morgan fingerprint density at radius 2 is 2.14 bits per heavy atom. The number of hydrogen-bond acceptors (Lipinski definition) is 4. The summed E-state index contributed by atoms with van der Waals surface area (Å²) in [7, 11) is 0. The van der Waals surface area contributed by atoms with E-state index in [1.165, 1.54) is 25.0 Å². The van der Waals surface area contributed by atoms with Crippen LogP contribution in [0, 0.1) is 0 Å². The average Bonchev–Trinajstić information content (AvgIpc) is 2.92. The highest BCUT2D eigenvalue weighted by Crippen LogP contribution is 2.25. The lowest BCUT2D eigenvalue weighted by molar-refractivity contribution is 0.0697. The van der Waals surface area contributed by atoms with Gasteiger partial charge in [-0.2, -0.15) is 11.8 Å². The van der Waals surface area contributed by atoms with Crippen molar-refractivity contribution in [3.63, 3.8) is 0 Å². The second kappa shape index (κ2) is 8.27. The maximum atomic E-state index is 11.3. The summed E-state index contributed by atoms with van der Waals surface area (Å²) in [6.45, 7) is 0.797. The number of unbranched alkanes of at least 4 members (excludes halogenated alkanes) is 3. The first-order valence-electron chi connectivity index (χ1n) is 7.71. The molecule has 1 aromatic heterocycles. The van der Waals surface area contributed by atoms with Gasteiger partial charge in [-0.1, -0.05) is 12.8 Å². The van der Waals surface area contributed by atoms with Gasteiger partial charge in [0.15, 0.2) is 0 Å². The molecule has 4 nitrogen and oxygen atoms in total. The molecule has 0 spiro atoms. The molecular formula is C16H24N2O2S. The number of aromatic nitrogens is 1. The quantitative estimate of drug-likeness (QED) is 0.682. The summed E-state index contributed by atoms with van der Waals surface area (Å²) in [6.07, 6.45) is 9.89. The molecule has 2 rings (SSSR count). The van der Waals surface area contributed by atoms with E-state index in [0.29, 0.717) is 11.4 Å². The molecule has 1 heterocycles. The average molecular weight is 308 g/mol. The third-order valence-electron chi connectivity index (χ3n) is 3.85. The Balaban J connectivity index is 1.86. The van der Waals surface area contributed by atoms with Gasteiger partial charge in [0.1, 0.15) is 11.4 Å². The van der Waals surface area contributed by atoms with Crippen LogP contribution in [0.5, 0.6) is 0 Å². The van der Waals surface area contributed by atoms with Crippen molar-refractivity contribution in [1.29, 1.82) is 0 Å². The molecule has 0 bridgehead atoms. The summed E-state index contributed by atoms with van der Waals surface area (Å²) in [5.74, 6) is 0.884. The molecule has 2 N–H and O–H groups in total. The SMILES string of the molecule is CSCCCCCCNc1nc2c(cc1C(=O)O)CCC2. The van der Waals surface area contributed by atoms with Crippen LogP contribution in [0.25, 0.3) is 0 Å². The van der Waals surface area contributed by atoms with E-state index in [1.807, 2.05) is 11.8 Å². The van der Waals surface area contributed by atoms with Gasteiger partial charge in [0, 0.05) is 12.2 Å². The highest BCUT2D eigenvalue weighted by atomic mass is 32.2. The number of carboxylic acid groups (broad SMARTS) is 1. The molecule has 0 aliphatic heterocycles. The summed E-state index contributed by atoms with van der Waals surface area (Å²) in [6, 6.07) is 1.80. The lowest BCUT2D eigenvalue weighted by Gasteiger charge is -2.11. The van der Waals surface area contributed by atoms with Crippen LogP contribution in [-0.4, -0.2) is 34.6 Å². The number of thioether (sulfide) groups is 1. The minimum atomic E-state index is -0.889. The number of carboxylic acids is 1. The molecule has 0 fully saturated rings. The standard InChI is InChI=1S/C16H24N2O2S/c1-21-10-5-3-2-4-9-17-15-13(16(19)20)11-12-7-6-8-14(12)18-15/h11H,2-10H2,1H3,(H,17,18)(H,19,20). The summed E-state index contributed by atoms with van der Waals surface area (Å²) in [4.78, 5) is 15.9. The van der Waals surface area contributed by atoms with Gasteiger partial charge in [-0.3, -0.25) is 0 Å². The number of fused-ring (bicyclic) bond motifs is 1. The van der Waals surface area contributed by atoms with Crippen LogP contribution in [0.1, 0.15) is 53.7 Å².